The Morgan fingerprint density at radius 3 is 2.81 bits per heavy atom. The van der Waals surface area contributed by atoms with Crippen LogP contribution in [0.15, 0.2) is 18.3 Å². The SMILES string of the molecule is CN1CCN(S(C)(=O)=O)Cc2cccnc21. The zero-order valence-electron chi connectivity index (χ0n) is 9.42. The van der Waals surface area contributed by atoms with Crippen molar-refractivity contribution in [3.63, 3.8) is 0 Å². The number of anilines is 1. The zero-order chi connectivity index (χ0) is 11.8. The van der Waals surface area contributed by atoms with Crippen LogP contribution < -0.4 is 4.90 Å². The second kappa shape index (κ2) is 4.03. The summed E-state index contributed by atoms with van der Waals surface area (Å²) >= 11 is 0. The first kappa shape index (κ1) is 11.3. The molecule has 0 spiro atoms. The van der Waals surface area contributed by atoms with Crippen LogP contribution in [-0.4, -0.2) is 44.1 Å². The molecule has 0 N–H and O–H groups in total. The van der Waals surface area contributed by atoms with E-state index in [1.54, 1.807) is 6.20 Å². The summed E-state index contributed by atoms with van der Waals surface area (Å²) in [5.41, 5.74) is 0.952. The molecule has 0 amide bonds. The quantitative estimate of drug-likeness (QED) is 0.709. The Kier molecular flexibility index (Phi) is 2.86. The van der Waals surface area contributed by atoms with Gasteiger partial charge in [0.05, 0.1) is 6.26 Å². The van der Waals surface area contributed by atoms with Gasteiger partial charge in [0.2, 0.25) is 10.0 Å². The van der Waals surface area contributed by atoms with Gasteiger partial charge >= 0.3 is 0 Å². The van der Waals surface area contributed by atoms with Gasteiger partial charge in [-0.05, 0) is 6.07 Å². The standard InChI is InChI=1S/C10H15N3O2S/c1-12-6-7-13(16(2,14)15)8-9-4-3-5-11-10(9)12/h3-5H,6-8H2,1-2H3. The van der Waals surface area contributed by atoms with Gasteiger partial charge in [-0.2, -0.15) is 4.31 Å². The summed E-state index contributed by atoms with van der Waals surface area (Å²) in [7, 11) is -1.21. The van der Waals surface area contributed by atoms with E-state index < -0.39 is 10.0 Å². The Hall–Kier alpha value is -1.14. The molecule has 1 aliphatic heterocycles. The monoisotopic (exact) mass is 241 g/mol. The summed E-state index contributed by atoms with van der Waals surface area (Å²) in [5.74, 6) is 0.869. The highest BCUT2D eigenvalue weighted by Gasteiger charge is 2.23. The van der Waals surface area contributed by atoms with Crippen molar-refractivity contribution in [3.8, 4) is 0 Å². The van der Waals surface area contributed by atoms with Gasteiger partial charge in [-0.3, -0.25) is 0 Å². The number of nitrogens with zero attached hydrogens (tertiary/aromatic N) is 3. The molecule has 1 aromatic rings. The Balaban J connectivity index is 2.39. The lowest BCUT2D eigenvalue weighted by Crippen LogP contribution is -2.33. The van der Waals surface area contributed by atoms with E-state index in [9.17, 15) is 8.42 Å². The fourth-order valence-corrected chi connectivity index (χ4v) is 2.60. The molecular weight excluding hydrogens is 226 g/mol. The molecule has 0 aromatic carbocycles. The average molecular weight is 241 g/mol. The molecule has 0 saturated heterocycles. The van der Waals surface area contributed by atoms with Crippen molar-refractivity contribution in [2.45, 2.75) is 6.54 Å². The molecule has 0 atom stereocenters. The van der Waals surface area contributed by atoms with Gasteiger partial charge in [-0.15, -0.1) is 0 Å². The summed E-state index contributed by atoms with van der Waals surface area (Å²) < 4.78 is 24.6. The van der Waals surface area contributed by atoms with Crippen molar-refractivity contribution < 1.29 is 8.42 Å². The van der Waals surface area contributed by atoms with Crippen molar-refractivity contribution >= 4 is 15.8 Å². The van der Waals surface area contributed by atoms with Crippen molar-refractivity contribution in [1.29, 1.82) is 0 Å². The molecule has 0 aliphatic carbocycles. The summed E-state index contributed by atoms with van der Waals surface area (Å²) in [4.78, 5) is 6.27. The highest BCUT2D eigenvalue weighted by atomic mass is 32.2. The predicted molar refractivity (Wildman–Crippen MR) is 62.8 cm³/mol. The topological polar surface area (TPSA) is 53.5 Å². The zero-order valence-corrected chi connectivity index (χ0v) is 10.2. The van der Waals surface area contributed by atoms with Crippen LogP contribution in [0.5, 0.6) is 0 Å². The number of pyridine rings is 1. The van der Waals surface area contributed by atoms with E-state index in [2.05, 4.69) is 4.98 Å². The second-order valence-corrected chi connectivity index (χ2v) is 5.99. The fraction of sp³-hybridized carbons (Fsp3) is 0.500. The number of fused-ring (bicyclic) bond motifs is 1. The van der Waals surface area contributed by atoms with E-state index in [0.29, 0.717) is 19.6 Å². The minimum atomic E-state index is -3.14. The van der Waals surface area contributed by atoms with Crippen LogP contribution in [0, 0.1) is 0 Å². The van der Waals surface area contributed by atoms with E-state index in [1.165, 1.54) is 10.6 Å². The summed E-state index contributed by atoms with van der Waals surface area (Å²) in [5, 5.41) is 0. The smallest absolute Gasteiger partial charge is 0.211 e. The average Bonchev–Trinajstić information content (AvgIpc) is 2.38. The second-order valence-electron chi connectivity index (χ2n) is 4.00. The van der Waals surface area contributed by atoms with Crippen molar-refractivity contribution in [2.75, 3.05) is 31.3 Å². The molecule has 0 bridgehead atoms. The van der Waals surface area contributed by atoms with Gasteiger partial charge in [-0.25, -0.2) is 13.4 Å². The van der Waals surface area contributed by atoms with Gasteiger partial charge < -0.3 is 4.90 Å². The lowest BCUT2D eigenvalue weighted by Gasteiger charge is -2.17. The van der Waals surface area contributed by atoms with Gasteiger partial charge in [-0.1, -0.05) is 6.07 Å². The van der Waals surface area contributed by atoms with E-state index in [4.69, 9.17) is 0 Å². The van der Waals surface area contributed by atoms with Gasteiger partial charge in [0, 0.05) is 38.4 Å². The number of likely N-dealkylation sites (N-methyl/N-ethyl adjacent to an activating group) is 1. The number of aromatic nitrogens is 1. The Morgan fingerprint density at radius 1 is 1.38 bits per heavy atom. The van der Waals surface area contributed by atoms with E-state index in [0.717, 1.165) is 11.4 Å². The molecule has 0 radical (unpaired) electrons. The molecule has 16 heavy (non-hydrogen) atoms. The Morgan fingerprint density at radius 2 is 2.12 bits per heavy atom. The first-order valence-corrected chi connectivity index (χ1v) is 6.93. The van der Waals surface area contributed by atoms with Crippen LogP contribution in [0.4, 0.5) is 5.82 Å². The molecule has 0 fully saturated rings. The normalized spacial score (nSPS) is 18.0. The largest absolute Gasteiger partial charge is 0.358 e. The maximum Gasteiger partial charge on any atom is 0.211 e. The van der Waals surface area contributed by atoms with Crippen LogP contribution in [0.2, 0.25) is 0 Å². The number of hydrogen-bond donors (Lipinski definition) is 0. The molecule has 1 aliphatic rings. The maximum absolute atomic E-state index is 11.5. The third kappa shape index (κ3) is 2.17. The van der Waals surface area contributed by atoms with E-state index >= 15 is 0 Å². The molecule has 6 heteroatoms. The summed E-state index contributed by atoms with van der Waals surface area (Å²) in [6.45, 7) is 1.58. The maximum atomic E-state index is 11.5. The predicted octanol–water partition coefficient (Wildman–Crippen LogP) is 0.293. The van der Waals surface area contributed by atoms with Gasteiger partial charge in [0.15, 0.2) is 0 Å². The van der Waals surface area contributed by atoms with Gasteiger partial charge in [0.25, 0.3) is 0 Å². The molecule has 5 nitrogen and oxygen atoms in total. The summed E-state index contributed by atoms with van der Waals surface area (Å²) in [6.07, 6.45) is 2.97. The molecule has 1 aromatic heterocycles. The minimum Gasteiger partial charge on any atom is -0.358 e. The third-order valence-electron chi connectivity index (χ3n) is 2.73. The fourth-order valence-electron chi connectivity index (χ4n) is 1.82. The Labute approximate surface area is 95.8 Å². The molecule has 2 rings (SSSR count). The number of hydrogen-bond acceptors (Lipinski definition) is 4. The van der Waals surface area contributed by atoms with Crippen LogP contribution in [0.25, 0.3) is 0 Å². The lowest BCUT2D eigenvalue weighted by atomic mass is 10.2. The van der Waals surface area contributed by atoms with Crippen LogP contribution >= 0.6 is 0 Å². The number of sulfonamides is 1. The first-order chi connectivity index (χ1) is 7.48. The van der Waals surface area contributed by atoms with Crippen LogP contribution in [-0.2, 0) is 16.6 Å². The Bertz CT molecular complexity index is 487. The molecule has 0 unspecified atom stereocenters. The van der Waals surface area contributed by atoms with Crippen LogP contribution in [0.1, 0.15) is 5.56 Å². The highest BCUT2D eigenvalue weighted by Crippen LogP contribution is 2.21. The van der Waals surface area contributed by atoms with Gasteiger partial charge in [0.1, 0.15) is 5.82 Å². The highest BCUT2D eigenvalue weighted by molar-refractivity contribution is 7.88. The first-order valence-electron chi connectivity index (χ1n) is 5.08. The lowest BCUT2D eigenvalue weighted by molar-refractivity contribution is 0.424. The number of rotatable bonds is 1. The molecule has 88 valence electrons. The van der Waals surface area contributed by atoms with E-state index in [1.807, 2.05) is 24.1 Å². The van der Waals surface area contributed by atoms with E-state index in [-0.39, 0.29) is 0 Å². The van der Waals surface area contributed by atoms with Crippen molar-refractivity contribution in [3.05, 3.63) is 23.9 Å². The third-order valence-corrected chi connectivity index (χ3v) is 3.98. The minimum absolute atomic E-state index is 0.409. The van der Waals surface area contributed by atoms with Crippen LogP contribution in [0.3, 0.4) is 0 Å². The molecular formula is C10H15N3O2S. The summed E-state index contributed by atoms with van der Waals surface area (Å²) in [6, 6.07) is 3.75. The van der Waals surface area contributed by atoms with Crippen molar-refractivity contribution in [1.82, 2.24) is 9.29 Å². The van der Waals surface area contributed by atoms with Crippen molar-refractivity contribution in [2.24, 2.45) is 0 Å². The molecule has 0 saturated carbocycles. The molecule has 2 heterocycles.